The molecule has 160 valence electrons. The molecule has 0 aromatic carbocycles. The van der Waals surface area contributed by atoms with E-state index in [9.17, 15) is 29.1 Å². The van der Waals surface area contributed by atoms with E-state index in [1.807, 2.05) is 0 Å². The number of hydrogen-bond donors (Lipinski definition) is 1. The predicted octanol–water partition coefficient (Wildman–Crippen LogP) is 0.131. The van der Waals surface area contributed by atoms with Crippen molar-refractivity contribution in [3.63, 3.8) is 0 Å². The van der Waals surface area contributed by atoms with Crippen LogP contribution in [-0.4, -0.2) is 83.8 Å². The molecule has 10 nitrogen and oxygen atoms in total. The minimum absolute atomic E-state index is 0.00995. The van der Waals surface area contributed by atoms with Gasteiger partial charge in [0, 0.05) is 12.6 Å². The van der Waals surface area contributed by atoms with Crippen LogP contribution >= 0.6 is 0 Å². The Balaban J connectivity index is 0.000000960. The Morgan fingerprint density at radius 1 is 0.966 bits per heavy atom. The van der Waals surface area contributed by atoms with Gasteiger partial charge in [-0.1, -0.05) is 0 Å². The van der Waals surface area contributed by atoms with E-state index in [1.54, 1.807) is 13.8 Å². The van der Waals surface area contributed by atoms with Crippen molar-refractivity contribution in [3.05, 3.63) is 23.0 Å². The normalized spacial score (nSPS) is 15.8. The lowest BCUT2D eigenvalue weighted by Crippen LogP contribution is -2.35. The van der Waals surface area contributed by atoms with Gasteiger partial charge in [-0.3, -0.25) is 19.2 Å². The van der Waals surface area contributed by atoms with E-state index < -0.39 is 23.8 Å². The highest BCUT2D eigenvalue weighted by Gasteiger charge is 2.37. The fraction of sp³-hybridized carbons (Fsp3) is 0.526. The fourth-order valence-electron chi connectivity index (χ4n) is 2.64. The SMILES string of the molecule is CC(C)=O.CCOC(=O)CN1CC(C2=C(O)CN(CC(=O)OCC)C2=O)=CC1=O. The van der Waals surface area contributed by atoms with E-state index in [4.69, 9.17) is 9.47 Å². The number of ketones is 1. The lowest BCUT2D eigenvalue weighted by atomic mass is 10.1. The zero-order valence-corrected chi connectivity index (χ0v) is 17.0. The molecular weight excluding hydrogens is 384 g/mol. The molecule has 0 spiro atoms. The van der Waals surface area contributed by atoms with Gasteiger partial charge in [-0.25, -0.2) is 0 Å². The number of rotatable bonds is 7. The van der Waals surface area contributed by atoms with Gasteiger partial charge in [0.25, 0.3) is 5.91 Å². The summed E-state index contributed by atoms with van der Waals surface area (Å²) in [6.45, 7) is 6.12. The molecule has 0 fully saturated rings. The van der Waals surface area contributed by atoms with E-state index in [0.29, 0.717) is 5.57 Å². The van der Waals surface area contributed by atoms with Gasteiger partial charge in [-0.15, -0.1) is 0 Å². The molecule has 0 saturated carbocycles. The van der Waals surface area contributed by atoms with Gasteiger partial charge in [-0.05, 0) is 33.3 Å². The standard InChI is InChI=1S/C16H20N2O7.C3H6O/c1-3-24-13(21)8-17-6-10(5-12(17)20)15-11(19)7-18(16(15)23)9-14(22)25-4-2;1-3(2)4/h5,19H,3-4,6-9H2,1-2H3;1-2H3. The third-order valence-corrected chi connectivity index (χ3v) is 3.67. The van der Waals surface area contributed by atoms with Crippen LogP contribution in [-0.2, 0) is 33.4 Å². The number of amides is 2. The number of carbonyl (C=O) groups excluding carboxylic acids is 5. The predicted molar refractivity (Wildman–Crippen MR) is 101 cm³/mol. The first-order valence-corrected chi connectivity index (χ1v) is 9.10. The molecule has 1 N–H and O–H groups in total. The number of ether oxygens (including phenoxy) is 2. The van der Waals surface area contributed by atoms with E-state index in [-0.39, 0.29) is 56.5 Å². The second-order valence-corrected chi connectivity index (χ2v) is 6.37. The summed E-state index contributed by atoms with van der Waals surface area (Å²) in [4.78, 5) is 59.2. The molecule has 2 heterocycles. The summed E-state index contributed by atoms with van der Waals surface area (Å²) in [5.74, 6) is -2.18. The number of aliphatic hydroxyl groups is 1. The molecule has 0 radical (unpaired) electrons. The van der Waals surface area contributed by atoms with Crippen LogP contribution < -0.4 is 0 Å². The molecule has 0 atom stereocenters. The molecule has 2 aliphatic heterocycles. The maximum absolute atomic E-state index is 12.4. The largest absolute Gasteiger partial charge is 0.510 e. The van der Waals surface area contributed by atoms with Gasteiger partial charge in [0.2, 0.25) is 5.91 Å². The summed E-state index contributed by atoms with van der Waals surface area (Å²) in [6.07, 6.45) is 1.20. The van der Waals surface area contributed by atoms with Gasteiger partial charge in [0.15, 0.2) is 0 Å². The van der Waals surface area contributed by atoms with E-state index in [2.05, 4.69) is 0 Å². The van der Waals surface area contributed by atoms with Crippen LogP contribution in [0.15, 0.2) is 23.0 Å². The Morgan fingerprint density at radius 3 is 1.93 bits per heavy atom. The quantitative estimate of drug-likeness (QED) is 0.586. The van der Waals surface area contributed by atoms with Gasteiger partial charge < -0.3 is 29.2 Å². The molecular formula is C19H26N2O8. The number of Topliss-reactive ketones (excluding diaryl/α,β-unsaturated/α-hetero) is 1. The minimum atomic E-state index is -0.578. The van der Waals surface area contributed by atoms with Crippen LogP contribution in [0.1, 0.15) is 27.7 Å². The highest BCUT2D eigenvalue weighted by Crippen LogP contribution is 2.27. The Morgan fingerprint density at radius 2 is 1.45 bits per heavy atom. The minimum Gasteiger partial charge on any atom is -0.510 e. The maximum Gasteiger partial charge on any atom is 0.325 e. The van der Waals surface area contributed by atoms with Crippen molar-refractivity contribution in [2.75, 3.05) is 39.4 Å². The number of carbonyl (C=O) groups is 5. The van der Waals surface area contributed by atoms with Crippen LogP contribution in [0.5, 0.6) is 0 Å². The maximum atomic E-state index is 12.4. The zero-order valence-electron chi connectivity index (χ0n) is 17.0. The second kappa shape index (κ2) is 11.0. The molecule has 0 aromatic rings. The Hall–Kier alpha value is -3.17. The molecule has 0 unspecified atom stereocenters. The van der Waals surface area contributed by atoms with Crippen LogP contribution in [0.2, 0.25) is 0 Å². The van der Waals surface area contributed by atoms with E-state index >= 15 is 0 Å². The third kappa shape index (κ3) is 7.05. The average molecular weight is 410 g/mol. The van der Waals surface area contributed by atoms with Crippen molar-refractivity contribution < 1.29 is 38.6 Å². The van der Waals surface area contributed by atoms with Crippen molar-refractivity contribution in [1.82, 2.24) is 9.80 Å². The first-order chi connectivity index (χ1) is 13.6. The smallest absolute Gasteiger partial charge is 0.325 e. The lowest BCUT2D eigenvalue weighted by molar-refractivity contribution is -0.147. The van der Waals surface area contributed by atoms with Gasteiger partial charge >= 0.3 is 11.9 Å². The highest BCUT2D eigenvalue weighted by molar-refractivity contribution is 6.05. The number of esters is 2. The summed E-state index contributed by atoms with van der Waals surface area (Å²) >= 11 is 0. The Kier molecular flexibility index (Phi) is 9.04. The molecule has 2 rings (SSSR count). The highest BCUT2D eigenvalue weighted by atomic mass is 16.5. The molecule has 2 aliphatic rings. The van der Waals surface area contributed by atoms with E-state index in [1.165, 1.54) is 24.8 Å². The van der Waals surface area contributed by atoms with Crippen molar-refractivity contribution in [1.29, 1.82) is 0 Å². The molecule has 0 bridgehead atoms. The molecule has 10 heteroatoms. The van der Waals surface area contributed by atoms with E-state index in [0.717, 1.165) is 4.90 Å². The fourth-order valence-corrected chi connectivity index (χ4v) is 2.64. The van der Waals surface area contributed by atoms with Gasteiger partial charge in [0.1, 0.15) is 24.6 Å². The number of aliphatic hydroxyl groups excluding tert-OH is 1. The molecule has 0 aliphatic carbocycles. The third-order valence-electron chi connectivity index (χ3n) is 3.67. The van der Waals surface area contributed by atoms with Crippen molar-refractivity contribution in [3.8, 4) is 0 Å². The summed E-state index contributed by atoms with van der Waals surface area (Å²) in [5.41, 5.74) is 0.298. The summed E-state index contributed by atoms with van der Waals surface area (Å²) < 4.78 is 9.58. The van der Waals surface area contributed by atoms with Crippen molar-refractivity contribution in [2.24, 2.45) is 0 Å². The van der Waals surface area contributed by atoms with Crippen LogP contribution in [0.25, 0.3) is 0 Å². The molecule has 0 aromatic heterocycles. The lowest BCUT2D eigenvalue weighted by Gasteiger charge is -2.16. The van der Waals surface area contributed by atoms with Crippen LogP contribution in [0, 0.1) is 0 Å². The second-order valence-electron chi connectivity index (χ2n) is 6.37. The summed E-state index contributed by atoms with van der Waals surface area (Å²) in [5, 5.41) is 10.1. The van der Waals surface area contributed by atoms with Gasteiger partial charge in [-0.2, -0.15) is 0 Å². The number of hydrogen-bond acceptors (Lipinski definition) is 8. The summed E-state index contributed by atoms with van der Waals surface area (Å²) in [7, 11) is 0. The Bertz CT molecular complexity index is 749. The first-order valence-electron chi connectivity index (χ1n) is 9.10. The topological polar surface area (TPSA) is 131 Å². The Labute approximate surface area is 168 Å². The van der Waals surface area contributed by atoms with Crippen LogP contribution in [0.4, 0.5) is 0 Å². The first kappa shape index (κ1) is 23.9. The average Bonchev–Trinajstić information content (AvgIpc) is 3.07. The molecule has 29 heavy (non-hydrogen) atoms. The van der Waals surface area contributed by atoms with Crippen molar-refractivity contribution >= 4 is 29.5 Å². The molecule has 0 saturated heterocycles. The molecule has 2 amide bonds. The van der Waals surface area contributed by atoms with Crippen molar-refractivity contribution in [2.45, 2.75) is 27.7 Å². The summed E-state index contributed by atoms with van der Waals surface area (Å²) in [6, 6.07) is 0. The number of nitrogens with zero attached hydrogens (tertiary/aromatic N) is 2. The monoisotopic (exact) mass is 410 g/mol. The van der Waals surface area contributed by atoms with Gasteiger partial charge in [0.05, 0.1) is 25.3 Å². The zero-order chi connectivity index (χ0) is 22.1. The van der Waals surface area contributed by atoms with Crippen LogP contribution in [0.3, 0.4) is 0 Å².